The van der Waals surface area contributed by atoms with E-state index in [9.17, 15) is 5.11 Å². The summed E-state index contributed by atoms with van der Waals surface area (Å²) in [5, 5.41) is 26.2. The van der Waals surface area contributed by atoms with Crippen molar-refractivity contribution in [1.29, 1.82) is 0 Å². The fraction of sp³-hybridized carbons (Fsp3) is 1.00. The van der Waals surface area contributed by atoms with Gasteiger partial charge in [0.2, 0.25) is 6.29 Å². The third-order valence-electron chi connectivity index (χ3n) is 0.747. The Morgan fingerprint density at radius 3 is 2.00 bits per heavy atom. The van der Waals surface area contributed by atoms with Gasteiger partial charge in [-0.1, -0.05) is 6.92 Å². The van der Waals surface area contributed by atoms with Crippen LogP contribution in [0.25, 0.3) is 0 Å². The Kier molecular flexibility index (Phi) is 2.91. The molecule has 0 bridgehead atoms. The Bertz CT molecular complexity index is 44.2. The molecule has 0 aromatic carbocycles. The number of aliphatic hydroxyl groups excluding tert-OH is 2. The summed E-state index contributed by atoms with van der Waals surface area (Å²) >= 11 is 0. The summed E-state index contributed by atoms with van der Waals surface area (Å²) in [6.07, 6.45) is -2.62. The molecular weight excluding hydrogens is 96.0 g/mol. The van der Waals surface area contributed by atoms with Crippen LogP contribution in [-0.4, -0.2) is 22.6 Å². The number of aliphatic hydroxyl groups is 2. The quantitative estimate of drug-likeness (QED) is 0.465. The zero-order chi connectivity index (χ0) is 5.86. The second-order valence-corrected chi connectivity index (χ2v) is 1.37. The molecule has 2 N–H and O–H groups in total. The van der Waals surface area contributed by atoms with Crippen LogP contribution in [0.2, 0.25) is 0 Å². The monoisotopic (exact) mass is 105 g/mol. The molecule has 0 fully saturated rings. The first-order valence-electron chi connectivity index (χ1n) is 2.20. The fourth-order valence-electron chi connectivity index (χ4n) is 0.202. The van der Waals surface area contributed by atoms with Crippen LogP contribution < -0.4 is 0 Å². The summed E-state index contributed by atoms with van der Waals surface area (Å²) in [6.45, 7) is 1.63. The van der Waals surface area contributed by atoms with Gasteiger partial charge in [-0.3, -0.25) is 0 Å². The summed E-state index contributed by atoms with van der Waals surface area (Å²) in [6, 6.07) is 0. The summed E-state index contributed by atoms with van der Waals surface area (Å²) < 4.78 is 0. The minimum atomic E-state index is -1.83. The fourth-order valence-corrected chi connectivity index (χ4v) is 0.202. The van der Waals surface area contributed by atoms with Crippen LogP contribution in [0.4, 0.5) is 0 Å². The molecule has 2 unspecified atom stereocenters. The Morgan fingerprint density at radius 2 is 2.00 bits per heavy atom. The van der Waals surface area contributed by atoms with Crippen molar-refractivity contribution in [1.82, 2.24) is 0 Å². The average Bonchev–Trinajstić information content (AvgIpc) is 1.65. The minimum Gasteiger partial charge on any atom is -0.388 e. The maximum atomic E-state index is 9.76. The molecule has 0 aliphatic rings. The van der Waals surface area contributed by atoms with Gasteiger partial charge in [0, 0.05) is 0 Å². The maximum absolute atomic E-state index is 9.76. The molecule has 7 heavy (non-hydrogen) atoms. The van der Waals surface area contributed by atoms with Crippen molar-refractivity contribution in [3.8, 4) is 0 Å². The van der Waals surface area contributed by atoms with Crippen LogP contribution in [-0.2, 0) is 5.11 Å². The van der Waals surface area contributed by atoms with Gasteiger partial charge in [-0.2, -0.15) is 5.11 Å². The van der Waals surface area contributed by atoms with Gasteiger partial charge in [0.25, 0.3) is 0 Å². The zero-order valence-corrected chi connectivity index (χ0v) is 4.16. The lowest BCUT2D eigenvalue weighted by Crippen LogP contribution is -2.22. The molecule has 0 rings (SSSR count). The van der Waals surface area contributed by atoms with Crippen molar-refractivity contribution in [2.75, 3.05) is 0 Å². The second kappa shape index (κ2) is 2.96. The maximum Gasteiger partial charge on any atom is 0.215 e. The lowest BCUT2D eigenvalue weighted by atomic mass is 10.3. The van der Waals surface area contributed by atoms with E-state index in [4.69, 9.17) is 10.2 Å². The number of rotatable bonds is 2. The van der Waals surface area contributed by atoms with Crippen LogP contribution in [0.1, 0.15) is 13.3 Å². The van der Waals surface area contributed by atoms with E-state index >= 15 is 0 Å². The molecule has 43 valence electrons. The first-order valence-corrected chi connectivity index (χ1v) is 2.20. The van der Waals surface area contributed by atoms with E-state index in [0.29, 0.717) is 6.42 Å². The van der Waals surface area contributed by atoms with Crippen molar-refractivity contribution in [2.24, 2.45) is 0 Å². The van der Waals surface area contributed by atoms with E-state index in [1.807, 2.05) is 0 Å². The largest absolute Gasteiger partial charge is 0.388 e. The predicted octanol–water partition coefficient (Wildman–Crippen LogP) is -0.494. The molecule has 0 aromatic heterocycles. The highest BCUT2D eigenvalue weighted by molar-refractivity contribution is 4.49. The summed E-state index contributed by atoms with van der Waals surface area (Å²) in [7, 11) is 0. The SMILES string of the molecule is CCC(O)C([O])O. The van der Waals surface area contributed by atoms with Gasteiger partial charge in [0.1, 0.15) is 6.10 Å². The molecule has 0 aliphatic carbocycles. The molecule has 0 aromatic rings. The molecule has 0 amide bonds. The lowest BCUT2D eigenvalue weighted by Gasteiger charge is -2.04. The molecule has 0 heterocycles. The van der Waals surface area contributed by atoms with E-state index in [-0.39, 0.29) is 0 Å². The van der Waals surface area contributed by atoms with Gasteiger partial charge in [-0.15, -0.1) is 0 Å². The Balaban J connectivity index is 3.14. The smallest absolute Gasteiger partial charge is 0.215 e. The van der Waals surface area contributed by atoms with Crippen molar-refractivity contribution in [2.45, 2.75) is 25.7 Å². The first-order chi connectivity index (χ1) is 3.18. The topological polar surface area (TPSA) is 60.4 Å². The lowest BCUT2D eigenvalue weighted by molar-refractivity contribution is -0.160. The molecule has 0 spiro atoms. The van der Waals surface area contributed by atoms with Crippen LogP contribution in [0.5, 0.6) is 0 Å². The highest BCUT2D eigenvalue weighted by Gasteiger charge is 2.09. The molecule has 3 heteroatoms. The van der Waals surface area contributed by atoms with Gasteiger partial charge >= 0.3 is 0 Å². The minimum absolute atomic E-state index is 0.310. The molecule has 1 radical (unpaired) electrons. The Labute approximate surface area is 42.2 Å². The Morgan fingerprint density at radius 1 is 1.57 bits per heavy atom. The van der Waals surface area contributed by atoms with Crippen LogP contribution in [0.3, 0.4) is 0 Å². The van der Waals surface area contributed by atoms with Crippen LogP contribution in [0.15, 0.2) is 0 Å². The molecule has 0 aliphatic heterocycles. The van der Waals surface area contributed by atoms with Crippen molar-refractivity contribution in [3.05, 3.63) is 0 Å². The third-order valence-corrected chi connectivity index (χ3v) is 0.747. The van der Waals surface area contributed by atoms with Crippen molar-refractivity contribution >= 4 is 0 Å². The van der Waals surface area contributed by atoms with Gasteiger partial charge in [0.15, 0.2) is 0 Å². The van der Waals surface area contributed by atoms with Gasteiger partial charge < -0.3 is 10.2 Å². The highest BCUT2D eigenvalue weighted by atomic mass is 16.5. The van der Waals surface area contributed by atoms with Gasteiger partial charge in [-0.25, -0.2) is 0 Å². The van der Waals surface area contributed by atoms with E-state index in [1.165, 1.54) is 0 Å². The summed E-state index contributed by atoms with van der Waals surface area (Å²) in [4.78, 5) is 0. The zero-order valence-electron chi connectivity index (χ0n) is 4.16. The first kappa shape index (κ1) is 6.88. The van der Waals surface area contributed by atoms with Crippen molar-refractivity contribution < 1.29 is 15.3 Å². The van der Waals surface area contributed by atoms with Crippen LogP contribution in [0, 0.1) is 0 Å². The second-order valence-electron chi connectivity index (χ2n) is 1.37. The standard InChI is InChI=1S/C4H9O3/c1-2-3(5)4(6)7/h3-6H,2H2,1H3. The van der Waals surface area contributed by atoms with Gasteiger partial charge in [0.05, 0.1) is 0 Å². The van der Waals surface area contributed by atoms with Crippen LogP contribution >= 0.6 is 0 Å². The highest BCUT2D eigenvalue weighted by Crippen LogP contribution is 1.92. The third kappa shape index (κ3) is 2.56. The Hall–Kier alpha value is -0.120. The predicted molar refractivity (Wildman–Crippen MR) is 23.0 cm³/mol. The molecule has 3 nitrogen and oxygen atoms in total. The normalized spacial score (nSPS) is 15.0. The van der Waals surface area contributed by atoms with E-state index in [0.717, 1.165) is 0 Å². The summed E-state index contributed by atoms with van der Waals surface area (Å²) in [5.74, 6) is 0. The molecule has 0 saturated carbocycles. The van der Waals surface area contributed by atoms with E-state index in [2.05, 4.69) is 0 Å². The number of hydrogen-bond acceptors (Lipinski definition) is 2. The number of hydrogen-bond donors (Lipinski definition) is 2. The molecule has 2 atom stereocenters. The van der Waals surface area contributed by atoms with Crippen molar-refractivity contribution in [3.63, 3.8) is 0 Å². The average molecular weight is 105 g/mol. The summed E-state index contributed by atoms with van der Waals surface area (Å²) in [5.41, 5.74) is 0. The molecular formula is C4H9O3. The van der Waals surface area contributed by atoms with Gasteiger partial charge in [-0.05, 0) is 6.42 Å². The van der Waals surface area contributed by atoms with E-state index in [1.54, 1.807) is 6.92 Å². The van der Waals surface area contributed by atoms with E-state index < -0.39 is 12.4 Å². The molecule has 0 saturated heterocycles.